The summed E-state index contributed by atoms with van der Waals surface area (Å²) in [6, 6.07) is 5.69. The van der Waals surface area contributed by atoms with E-state index in [1.165, 1.54) is 25.7 Å². The first kappa shape index (κ1) is 43.7. The number of hydrogen-bond donors (Lipinski definition) is 6. The topological polar surface area (TPSA) is 166 Å². The van der Waals surface area contributed by atoms with Crippen LogP contribution in [0.4, 0.5) is 0 Å². The molecule has 6 N–H and O–H groups in total. The van der Waals surface area contributed by atoms with Crippen molar-refractivity contribution in [2.45, 2.75) is 163 Å². The Labute approximate surface area is 395 Å². The van der Waals surface area contributed by atoms with Gasteiger partial charge in [0.05, 0.1) is 30.0 Å². The Hall–Kier alpha value is -3.30. The van der Waals surface area contributed by atoms with Crippen LogP contribution in [-0.2, 0) is 32.1 Å². The second-order valence-corrected chi connectivity index (χ2v) is 24.4. The molecule has 11 aliphatic carbocycles. The summed E-state index contributed by atoms with van der Waals surface area (Å²) in [5, 5.41) is 71.7. The Morgan fingerprint density at radius 2 is 1.78 bits per heavy atom. The smallest absolute Gasteiger partial charge is 0.331 e. The van der Waals surface area contributed by atoms with Crippen LogP contribution in [0.15, 0.2) is 54.3 Å². The van der Waals surface area contributed by atoms with Crippen molar-refractivity contribution in [3.8, 4) is 11.8 Å². The van der Waals surface area contributed by atoms with E-state index < -0.39 is 69.0 Å². The van der Waals surface area contributed by atoms with Crippen molar-refractivity contribution >= 4 is 12.3 Å². The average molecular weight is 914 g/mol. The van der Waals surface area contributed by atoms with Crippen LogP contribution in [0, 0.1) is 93.2 Å². The zero-order valence-corrected chi connectivity index (χ0v) is 39.2. The molecule has 2 aliphatic heterocycles. The molecule has 0 amide bonds. The Balaban J connectivity index is 1.01. The van der Waals surface area contributed by atoms with Crippen LogP contribution < -0.4 is 5.32 Å². The third-order valence-corrected chi connectivity index (χ3v) is 22.8. The van der Waals surface area contributed by atoms with E-state index in [4.69, 9.17) is 9.47 Å². The summed E-state index contributed by atoms with van der Waals surface area (Å²) in [6.07, 6.45) is 22.0. The standard InChI is InChI=1S/C57H71NO9/c1-58-45-26-39-33(12-6-14-35(39)29-59)11-4-5-20-53-21-17-46-54(31-60)30-52-19-8-15-37(52)18-22-66-51(52)44-24-34-13-7-16-38(32-9-2-3-10-32)40(34)25-43(56(44,54)64)50(62)57(46,65)55(53,63)28-36-23-41(45)49-42(48(36)53)27-47(61)67-49/h6-7,12-14,18,22,27,31-32,34,36-38,40-41,43-46,48-51,58-59,62-65H,2-3,5,8-10,15-17,19-21,23-26,28-30H2,1H3/t34-,36-,37+,38-,40+,41-,43+,44-,45+,46-,48-,49+,50-,51-,52+,53-,54+,55-,56+,57-/m1/s1. The van der Waals surface area contributed by atoms with Gasteiger partial charge in [-0.2, -0.15) is 0 Å². The second kappa shape index (κ2) is 15.1. The van der Waals surface area contributed by atoms with Crippen molar-refractivity contribution in [1.29, 1.82) is 0 Å². The first-order valence-corrected chi connectivity index (χ1v) is 26.5. The summed E-state index contributed by atoms with van der Waals surface area (Å²) in [4.78, 5) is 28.7. The lowest BCUT2D eigenvalue weighted by Gasteiger charge is -2.75. The maximum Gasteiger partial charge on any atom is 0.331 e. The molecule has 358 valence electrons. The van der Waals surface area contributed by atoms with E-state index in [2.05, 4.69) is 35.4 Å². The summed E-state index contributed by atoms with van der Waals surface area (Å²) in [5.41, 5.74) is -5.22. The molecular formula is C57H71NO9. The van der Waals surface area contributed by atoms with Gasteiger partial charge in [-0.3, -0.25) is 0 Å². The zero-order valence-electron chi connectivity index (χ0n) is 39.2. The molecule has 1 aromatic carbocycles. The fraction of sp³-hybridized carbons (Fsp3) is 0.719. The highest BCUT2D eigenvalue weighted by Crippen LogP contribution is 2.80. The summed E-state index contributed by atoms with van der Waals surface area (Å²) in [5.74, 6) is 4.93. The van der Waals surface area contributed by atoms with Gasteiger partial charge in [-0.1, -0.05) is 68.2 Å². The van der Waals surface area contributed by atoms with E-state index in [1.807, 2.05) is 31.5 Å². The van der Waals surface area contributed by atoms with Gasteiger partial charge in [0, 0.05) is 58.6 Å². The molecule has 20 atom stereocenters. The van der Waals surface area contributed by atoms with E-state index in [1.54, 1.807) is 6.08 Å². The maximum absolute atomic E-state index is 15.1. The number of carbonyl (C=O) groups is 2. The number of nitrogens with one attached hydrogen (secondary N) is 1. The minimum atomic E-state index is -2.17. The number of fused-ring (bicyclic) bond motifs is 8. The van der Waals surface area contributed by atoms with E-state index in [0.717, 1.165) is 54.2 Å². The number of ether oxygens (including phenoxy) is 2. The number of aldehydes is 1. The molecule has 14 rings (SSSR count). The van der Waals surface area contributed by atoms with E-state index in [9.17, 15) is 30.3 Å². The van der Waals surface area contributed by atoms with Crippen LogP contribution in [0.1, 0.15) is 126 Å². The van der Waals surface area contributed by atoms with Crippen molar-refractivity contribution in [2.24, 2.45) is 81.3 Å². The molecule has 2 spiro atoms. The maximum atomic E-state index is 15.1. The van der Waals surface area contributed by atoms with Gasteiger partial charge in [0.25, 0.3) is 0 Å². The fourth-order valence-corrected chi connectivity index (χ4v) is 20.6. The number of allylic oxidation sites excluding steroid dienone is 3. The normalized spacial score (nSPS) is 52.0. The molecule has 10 heteroatoms. The molecule has 0 saturated heterocycles. The lowest BCUT2D eigenvalue weighted by Crippen LogP contribution is -2.86. The third kappa shape index (κ3) is 5.36. The molecule has 0 radical (unpaired) electrons. The molecule has 4 bridgehead atoms. The first-order chi connectivity index (χ1) is 32.4. The Bertz CT molecular complexity index is 2400. The molecule has 10 nitrogen and oxygen atoms in total. The minimum Gasteiger partial charge on any atom is -0.497 e. The van der Waals surface area contributed by atoms with Crippen molar-refractivity contribution in [1.82, 2.24) is 5.32 Å². The number of aliphatic hydroxyl groups excluding tert-OH is 2. The number of esters is 1. The summed E-state index contributed by atoms with van der Waals surface area (Å²) >= 11 is 0. The van der Waals surface area contributed by atoms with Crippen molar-refractivity contribution in [3.05, 3.63) is 71.0 Å². The van der Waals surface area contributed by atoms with Gasteiger partial charge in [-0.25, -0.2) is 4.79 Å². The van der Waals surface area contributed by atoms with Gasteiger partial charge in [-0.15, -0.1) is 0 Å². The van der Waals surface area contributed by atoms with Crippen LogP contribution in [0.3, 0.4) is 0 Å². The third-order valence-electron chi connectivity index (χ3n) is 22.8. The Morgan fingerprint density at radius 3 is 2.58 bits per heavy atom. The van der Waals surface area contributed by atoms with Crippen molar-refractivity contribution < 1.29 is 44.6 Å². The Kier molecular flexibility index (Phi) is 9.85. The summed E-state index contributed by atoms with van der Waals surface area (Å²) < 4.78 is 13.2. The number of rotatable bonds is 4. The van der Waals surface area contributed by atoms with Crippen LogP contribution in [0.2, 0.25) is 0 Å². The van der Waals surface area contributed by atoms with E-state index in [-0.39, 0.29) is 60.7 Å². The highest BCUT2D eigenvalue weighted by molar-refractivity contribution is 5.86. The fourth-order valence-electron chi connectivity index (χ4n) is 20.6. The van der Waals surface area contributed by atoms with Crippen LogP contribution in [-0.4, -0.2) is 86.0 Å². The van der Waals surface area contributed by atoms with Gasteiger partial charge in [-0.05, 0) is 154 Å². The number of aliphatic hydroxyl groups is 5. The number of benzene rings is 1. The monoisotopic (exact) mass is 914 g/mol. The van der Waals surface area contributed by atoms with Gasteiger partial charge in [0.2, 0.25) is 0 Å². The highest BCUT2D eigenvalue weighted by Gasteiger charge is 2.87. The van der Waals surface area contributed by atoms with E-state index in [0.29, 0.717) is 69.6 Å². The number of hydrogen-bond acceptors (Lipinski definition) is 10. The predicted molar refractivity (Wildman–Crippen MR) is 248 cm³/mol. The molecule has 8 fully saturated rings. The van der Waals surface area contributed by atoms with Crippen LogP contribution in [0.25, 0.3) is 0 Å². The molecule has 0 aromatic heterocycles. The van der Waals surface area contributed by atoms with Gasteiger partial charge >= 0.3 is 5.97 Å². The van der Waals surface area contributed by atoms with Gasteiger partial charge in [0.15, 0.2) is 0 Å². The molecule has 0 unspecified atom stereocenters. The minimum absolute atomic E-state index is 0.122. The number of carbonyl (C=O) groups excluding carboxylic acids is 2. The quantitative estimate of drug-likeness (QED) is 0.0882. The van der Waals surface area contributed by atoms with Crippen molar-refractivity contribution in [3.63, 3.8) is 0 Å². The van der Waals surface area contributed by atoms with Crippen molar-refractivity contribution in [2.75, 3.05) is 7.05 Å². The zero-order chi connectivity index (χ0) is 45.9. The largest absolute Gasteiger partial charge is 0.497 e. The number of likely N-dealkylation sites (N-methyl/N-ethyl adjacent to an activating group) is 1. The lowest BCUT2D eigenvalue weighted by molar-refractivity contribution is -0.385. The van der Waals surface area contributed by atoms with Gasteiger partial charge in [0.1, 0.15) is 29.7 Å². The molecule has 67 heavy (non-hydrogen) atoms. The molecule has 8 saturated carbocycles. The molecule has 13 aliphatic rings. The second-order valence-electron chi connectivity index (χ2n) is 24.4. The van der Waals surface area contributed by atoms with E-state index >= 15 is 4.79 Å². The summed E-state index contributed by atoms with van der Waals surface area (Å²) in [7, 11) is 1.93. The summed E-state index contributed by atoms with van der Waals surface area (Å²) in [6.45, 7) is -0.122. The first-order valence-electron chi connectivity index (χ1n) is 26.5. The average Bonchev–Trinajstić information content (AvgIpc) is 4.13. The Morgan fingerprint density at radius 1 is 0.925 bits per heavy atom. The predicted octanol–water partition coefficient (Wildman–Crippen LogP) is 6.24. The molecule has 1 aromatic rings. The molecule has 2 heterocycles. The van der Waals surface area contributed by atoms with Crippen LogP contribution in [0.5, 0.6) is 0 Å². The van der Waals surface area contributed by atoms with Gasteiger partial charge < -0.3 is 45.1 Å². The highest BCUT2D eigenvalue weighted by atomic mass is 16.5. The SMILES string of the molecule is CN[C@H]1Cc2c(cccc2CO)C#CCC[C@]23CC[C@H]4[C@@](O)([C@H](O)[C@@H]5C[C@H]6[C@H](C=CC[C@@H]6C6CCCC6)C[C@@H]6[C@H]7OC=C[C@@H]8CCC[C@]87C[C@@]4(C=O)[C@@]65O)[C@@]2(O)C[C@H]2C[C@H]1[C@@H]1OC(=O)C=C1[C@@H]23. The van der Waals surface area contributed by atoms with Crippen LogP contribution >= 0.6 is 0 Å². The lowest BCUT2D eigenvalue weighted by atomic mass is 9.32. The molecular weight excluding hydrogens is 843 g/mol.